The Bertz CT molecular complexity index is 816. The molecule has 1 unspecified atom stereocenters. The Morgan fingerprint density at radius 1 is 1.41 bits per heavy atom. The molecule has 2 aliphatic rings. The van der Waals surface area contributed by atoms with Crippen molar-refractivity contribution in [3.05, 3.63) is 46.8 Å². The minimum Gasteiger partial charge on any atom is -0.496 e. The Kier molecular flexibility index (Phi) is 6.11. The molecule has 2 aromatic rings. The van der Waals surface area contributed by atoms with Gasteiger partial charge in [-0.05, 0) is 48.9 Å². The zero-order valence-electron chi connectivity index (χ0n) is 15.5. The van der Waals surface area contributed by atoms with Crippen LogP contribution in [0.1, 0.15) is 35.2 Å². The standard InChI is InChI=1S/C19H23N3O2.CH2O2/c1-24-18-11-14-4-2-3-13(14)9-16(18)12-20-19(23)15-6-8-22-17(10-15)5-7-21-22;2-1-3/h5,7,9,11,15H,2-4,6,8,10,12H2,1H3,(H,20,23);1H,(H,2,3). The monoisotopic (exact) mass is 371 g/mol. The van der Waals surface area contributed by atoms with Gasteiger partial charge in [0, 0.05) is 42.9 Å². The molecule has 4 rings (SSSR count). The molecule has 1 aromatic carbocycles. The molecule has 7 nitrogen and oxygen atoms in total. The first-order chi connectivity index (χ1) is 13.2. The smallest absolute Gasteiger partial charge is 0.290 e. The van der Waals surface area contributed by atoms with Gasteiger partial charge in [0.2, 0.25) is 5.91 Å². The fourth-order valence-corrected chi connectivity index (χ4v) is 3.90. The van der Waals surface area contributed by atoms with Crippen LogP contribution >= 0.6 is 0 Å². The topological polar surface area (TPSA) is 93.5 Å². The Balaban J connectivity index is 0.000000659. The maximum Gasteiger partial charge on any atom is 0.290 e. The first kappa shape index (κ1) is 18.9. The van der Waals surface area contributed by atoms with Crippen molar-refractivity contribution in [2.75, 3.05) is 7.11 Å². The summed E-state index contributed by atoms with van der Waals surface area (Å²) in [5.74, 6) is 1.05. The molecule has 1 aromatic heterocycles. The highest BCUT2D eigenvalue weighted by Crippen LogP contribution is 2.30. The molecule has 7 heteroatoms. The van der Waals surface area contributed by atoms with Gasteiger partial charge in [-0.1, -0.05) is 6.07 Å². The van der Waals surface area contributed by atoms with E-state index in [-0.39, 0.29) is 18.3 Å². The number of ether oxygens (including phenoxy) is 1. The summed E-state index contributed by atoms with van der Waals surface area (Å²) in [6.07, 6.45) is 6.91. The number of benzene rings is 1. The van der Waals surface area contributed by atoms with E-state index in [0.29, 0.717) is 6.54 Å². The molecule has 144 valence electrons. The van der Waals surface area contributed by atoms with Gasteiger partial charge in [0.25, 0.3) is 6.47 Å². The van der Waals surface area contributed by atoms with E-state index in [0.717, 1.165) is 49.2 Å². The Labute approximate surface area is 158 Å². The number of hydrogen-bond acceptors (Lipinski definition) is 4. The maximum absolute atomic E-state index is 12.6. The zero-order valence-corrected chi connectivity index (χ0v) is 15.5. The molecule has 0 bridgehead atoms. The van der Waals surface area contributed by atoms with Crippen molar-refractivity contribution in [3.63, 3.8) is 0 Å². The average Bonchev–Trinajstić information content (AvgIpc) is 3.33. The first-order valence-corrected chi connectivity index (χ1v) is 9.21. The van der Waals surface area contributed by atoms with Crippen molar-refractivity contribution >= 4 is 12.4 Å². The second-order valence-corrected chi connectivity index (χ2v) is 6.84. The number of fused-ring (bicyclic) bond motifs is 2. The zero-order chi connectivity index (χ0) is 19.2. The minimum absolute atomic E-state index is 0.0367. The summed E-state index contributed by atoms with van der Waals surface area (Å²) in [4.78, 5) is 20.9. The molecule has 1 atom stereocenters. The lowest BCUT2D eigenvalue weighted by molar-refractivity contribution is -0.126. The van der Waals surface area contributed by atoms with E-state index in [4.69, 9.17) is 14.6 Å². The van der Waals surface area contributed by atoms with Gasteiger partial charge in [-0.25, -0.2) is 0 Å². The van der Waals surface area contributed by atoms with Crippen LogP contribution in [0.15, 0.2) is 24.4 Å². The van der Waals surface area contributed by atoms with Crippen molar-refractivity contribution in [2.45, 2.75) is 45.2 Å². The number of methoxy groups -OCH3 is 1. The second kappa shape index (κ2) is 8.70. The summed E-state index contributed by atoms with van der Waals surface area (Å²) in [5.41, 5.74) is 5.02. The number of nitrogens with zero attached hydrogens (tertiary/aromatic N) is 2. The summed E-state index contributed by atoms with van der Waals surface area (Å²) < 4.78 is 7.51. The van der Waals surface area contributed by atoms with Crippen molar-refractivity contribution in [2.24, 2.45) is 5.92 Å². The normalized spacial score (nSPS) is 17.1. The van der Waals surface area contributed by atoms with Gasteiger partial charge in [0.15, 0.2) is 0 Å². The number of amides is 1. The van der Waals surface area contributed by atoms with E-state index in [1.807, 2.05) is 16.9 Å². The van der Waals surface area contributed by atoms with Crippen LogP contribution in [0.5, 0.6) is 5.75 Å². The van der Waals surface area contributed by atoms with E-state index >= 15 is 0 Å². The van der Waals surface area contributed by atoms with Crippen molar-refractivity contribution in [1.82, 2.24) is 15.1 Å². The summed E-state index contributed by atoms with van der Waals surface area (Å²) in [6.45, 7) is 1.10. The molecule has 1 aliphatic heterocycles. The van der Waals surface area contributed by atoms with Crippen LogP contribution < -0.4 is 10.1 Å². The number of hydrogen-bond donors (Lipinski definition) is 2. The average molecular weight is 371 g/mol. The van der Waals surface area contributed by atoms with Crippen LogP contribution in [0, 0.1) is 5.92 Å². The summed E-state index contributed by atoms with van der Waals surface area (Å²) in [6, 6.07) is 6.35. The van der Waals surface area contributed by atoms with Gasteiger partial charge in [-0.2, -0.15) is 5.10 Å². The number of carbonyl (C=O) groups is 2. The van der Waals surface area contributed by atoms with Gasteiger partial charge >= 0.3 is 0 Å². The molecule has 0 spiro atoms. The third-order valence-corrected chi connectivity index (χ3v) is 5.27. The van der Waals surface area contributed by atoms with Crippen LogP contribution in [0.3, 0.4) is 0 Å². The van der Waals surface area contributed by atoms with Gasteiger partial charge in [0.1, 0.15) is 5.75 Å². The van der Waals surface area contributed by atoms with Crippen LogP contribution in [0.4, 0.5) is 0 Å². The van der Waals surface area contributed by atoms with Crippen LogP contribution in [0.25, 0.3) is 0 Å². The van der Waals surface area contributed by atoms with Crippen molar-refractivity contribution in [1.29, 1.82) is 0 Å². The molecule has 0 saturated carbocycles. The molecule has 0 fully saturated rings. The highest BCUT2D eigenvalue weighted by Gasteiger charge is 2.25. The number of carbonyl (C=O) groups excluding carboxylic acids is 1. The summed E-state index contributed by atoms with van der Waals surface area (Å²) >= 11 is 0. The molecule has 1 aliphatic carbocycles. The lowest BCUT2D eigenvalue weighted by Gasteiger charge is -2.23. The molecule has 2 N–H and O–H groups in total. The fourth-order valence-electron chi connectivity index (χ4n) is 3.90. The first-order valence-electron chi connectivity index (χ1n) is 9.21. The molecular formula is C20H25N3O4. The number of carboxylic acid groups (broad SMARTS) is 1. The third kappa shape index (κ3) is 4.30. The molecule has 0 saturated heterocycles. The minimum atomic E-state index is -0.250. The Morgan fingerprint density at radius 3 is 2.89 bits per heavy atom. The molecule has 1 amide bonds. The SMILES string of the molecule is COc1cc2c(cc1CNC(=O)C1CCn3nccc3C1)CCC2.O=CO. The molecule has 2 heterocycles. The Hall–Kier alpha value is -2.83. The summed E-state index contributed by atoms with van der Waals surface area (Å²) in [7, 11) is 1.70. The van der Waals surface area contributed by atoms with Gasteiger partial charge in [-0.15, -0.1) is 0 Å². The van der Waals surface area contributed by atoms with E-state index in [2.05, 4.69) is 22.5 Å². The van der Waals surface area contributed by atoms with E-state index < -0.39 is 0 Å². The highest BCUT2D eigenvalue weighted by molar-refractivity contribution is 5.79. The van der Waals surface area contributed by atoms with E-state index in [1.165, 1.54) is 17.5 Å². The van der Waals surface area contributed by atoms with Crippen LogP contribution in [-0.4, -0.2) is 34.4 Å². The maximum atomic E-state index is 12.6. The van der Waals surface area contributed by atoms with E-state index in [9.17, 15) is 4.79 Å². The summed E-state index contributed by atoms with van der Waals surface area (Å²) in [5, 5.41) is 14.3. The van der Waals surface area contributed by atoms with Crippen molar-refractivity contribution < 1.29 is 19.4 Å². The number of nitrogens with one attached hydrogen (secondary N) is 1. The largest absolute Gasteiger partial charge is 0.496 e. The number of aryl methyl sites for hydroxylation is 3. The van der Waals surface area contributed by atoms with Gasteiger partial charge in [0.05, 0.1) is 7.11 Å². The van der Waals surface area contributed by atoms with Gasteiger partial charge < -0.3 is 15.2 Å². The quantitative estimate of drug-likeness (QED) is 0.802. The lowest BCUT2D eigenvalue weighted by atomic mass is 9.95. The highest BCUT2D eigenvalue weighted by atomic mass is 16.5. The molecule has 27 heavy (non-hydrogen) atoms. The van der Waals surface area contributed by atoms with Crippen LogP contribution in [-0.2, 0) is 41.9 Å². The predicted octanol–water partition coefficient (Wildman–Crippen LogP) is 1.96. The number of rotatable bonds is 4. The fraction of sp³-hybridized carbons (Fsp3) is 0.450. The molecule has 0 radical (unpaired) electrons. The van der Waals surface area contributed by atoms with Gasteiger partial charge in [-0.3, -0.25) is 14.3 Å². The third-order valence-electron chi connectivity index (χ3n) is 5.27. The lowest BCUT2D eigenvalue weighted by Crippen LogP contribution is -2.35. The second-order valence-electron chi connectivity index (χ2n) is 6.84. The molecular weight excluding hydrogens is 346 g/mol. The predicted molar refractivity (Wildman–Crippen MR) is 99.6 cm³/mol. The number of aromatic nitrogens is 2. The van der Waals surface area contributed by atoms with Crippen LogP contribution in [0.2, 0.25) is 0 Å². The van der Waals surface area contributed by atoms with Crippen molar-refractivity contribution in [3.8, 4) is 5.75 Å². The van der Waals surface area contributed by atoms with E-state index in [1.54, 1.807) is 7.11 Å². The Morgan fingerprint density at radius 2 is 2.15 bits per heavy atom.